The molecule has 0 heterocycles. The van der Waals surface area contributed by atoms with Crippen molar-refractivity contribution >= 4 is 16.0 Å². The second-order valence-electron chi connectivity index (χ2n) is 5.33. The standard InChI is InChI=1S/C12H21NO4S/c14-12(15)9-13(10-5-1-2-6-10)18(16,17)11-7-3-4-8-11/h10-11H,1-9H2,(H,14,15). The highest BCUT2D eigenvalue weighted by molar-refractivity contribution is 7.89. The second kappa shape index (κ2) is 5.57. The molecular weight excluding hydrogens is 254 g/mol. The van der Waals surface area contributed by atoms with Crippen LogP contribution in [-0.4, -0.2) is 41.6 Å². The number of carboxylic acids is 1. The summed E-state index contributed by atoms with van der Waals surface area (Å²) in [7, 11) is -3.43. The van der Waals surface area contributed by atoms with Crippen LogP contribution >= 0.6 is 0 Å². The number of sulfonamides is 1. The number of carboxylic acid groups (broad SMARTS) is 1. The summed E-state index contributed by atoms with van der Waals surface area (Å²) in [5, 5.41) is 8.59. The van der Waals surface area contributed by atoms with Gasteiger partial charge in [-0.1, -0.05) is 25.7 Å². The van der Waals surface area contributed by atoms with Gasteiger partial charge in [0.1, 0.15) is 6.54 Å². The van der Waals surface area contributed by atoms with Crippen molar-refractivity contribution in [3.8, 4) is 0 Å². The summed E-state index contributed by atoms with van der Waals surface area (Å²) >= 11 is 0. The first-order chi connectivity index (χ1) is 8.51. The fraction of sp³-hybridized carbons (Fsp3) is 0.917. The lowest BCUT2D eigenvalue weighted by Crippen LogP contribution is -2.46. The molecule has 0 saturated heterocycles. The molecule has 2 aliphatic rings. The van der Waals surface area contributed by atoms with Gasteiger partial charge in [0.25, 0.3) is 0 Å². The average Bonchev–Trinajstić information content (AvgIpc) is 2.98. The lowest BCUT2D eigenvalue weighted by Gasteiger charge is -2.29. The zero-order valence-corrected chi connectivity index (χ0v) is 11.4. The molecule has 2 fully saturated rings. The first-order valence-electron chi connectivity index (χ1n) is 6.74. The SMILES string of the molecule is O=C(O)CN(C1CCCC1)S(=O)(=O)C1CCCC1. The van der Waals surface area contributed by atoms with E-state index in [-0.39, 0.29) is 17.8 Å². The van der Waals surface area contributed by atoms with E-state index in [1.165, 1.54) is 4.31 Å². The van der Waals surface area contributed by atoms with Crippen molar-refractivity contribution in [1.29, 1.82) is 0 Å². The molecule has 18 heavy (non-hydrogen) atoms. The van der Waals surface area contributed by atoms with Gasteiger partial charge < -0.3 is 5.11 Å². The molecule has 0 aromatic heterocycles. The number of carbonyl (C=O) groups is 1. The molecule has 0 spiro atoms. The zero-order valence-electron chi connectivity index (χ0n) is 10.5. The van der Waals surface area contributed by atoms with Crippen LogP contribution in [0.25, 0.3) is 0 Å². The van der Waals surface area contributed by atoms with Crippen molar-refractivity contribution in [2.45, 2.75) is 62.7 Å². The van der Waals surface area contributed by atoms with Gasteiger partial charge in [-0.05, 0) is 25.7 Å². The van der Waals surface area contributed by atoms with Gasteiger partial charge in [-0.15, -0.1) is 0 Å². The Bertz CT molecular complexity index is 394. The van der Waals surface area contributed by atoms with Gasteiger partial charge in [0.05, 0.1) is 5.25 Å². The third kappa shape index (κ3) is 2.85. The minimum Gasteiger partial charge on any atom is -0.480 e. The van der Waals surface area contributed by atoms with Crippen LogP contribution < -0.4 is 0 Å². The molecule has 2 rings (SSSR count). The molecule has 104 valence electrons. The van der Waals surface area contributed by atoms with Crippen LogP contribution in [0.3, 0.4) is 0 Å². The van der Waals surface area contributed by atoms with E-state index in [4.69, 9.17) is 5.11 Å². The molecule has 0 bridgehead atoms. The van der Waals surface area contributed by atoms with Crippen LogP contribution in [0.1, 0.15) is 51.4 Å². The van der Waals surface area contributed by atoms with E-state index >= 15 is 0 Å². The normalized spacial score (nSPS) is 22.9. The Morgan fingerprint density at radius 1 is 1.06 bits per heavy atom. The van der Waals surface area contributed by atoms with Gasteiger partial charge >= 0.3 is 5.97 Å². The topological polar surface area (TPSA) is 74.7 Å². The van der Waals surface area contributed by atoms with Crippen molar-refractivity contribution in [3.63, 3.8) is 0 Å². The van der Waals surface area contributed by atoms with E-state index in [1.54, 1.807) is 0 Å². The average molecular weight is 275 g/mol. The maximum absolute atomic E-state index is 12.5. The minimum absolute atomic E-state index is 0.0910. The van der Waals surface area contributed by atoms with Crippen LogP contribution in [0.15, 0.2) is 0 Å². The molecule has 2 aliphatic carbocycles. The largest absolute Gasteiger partial charge is 0.480 e. The van der Waals surface area contributed by atoms with E-state index in [2.05, 4.69) is 0 Å². The van der Waals surface area contributed by atoms with E-state index < -0.39 is 16.0 Å². The minimum atomic E-state index is -3.43. The Morgan fingerprint density at radius 2 is 1.56 bits per heavy atom. The molecule has 0 atom stereocenters. The van der Waals surface area contributed by atoms with Gasteiger partial charge in [-0.2, -0.15) is 4.31 Å². The fourth-order valence-electron chi connectivity index (χ4n) is 3.13. The molecule has 6 heteroatoms. The van der Waals surface area contributed by atoms with E-state index in [1.807, 2.05) is 0 Å². The smallest absolute Gasteiger partial charge is 0.318 e. The van der Waals surface area contributed by atoms with Crippen LogP contribution in [0.5, 0.6) is 0 Å². The summed E-state index contributed by atoms with van der Waals surface area (Å²) in [5.41, 5.74) is 0. The zero-order chi connectivity index (χ0) is 13.2. The van der Waals surface area contributed by atoms with Gasteiger partial charge in [-0.25, -0.2) is 8.42 Å². The van der Waals surface area contributed by atoms with Gasteiger partial charge in [0.15, 0.2) is 0 Å². The first kappa shape index (κ1) is 13.8. The maximum Gasteiger partial charge on any atom is 0.318 e. The molecule has 0 radical (unpaired) electrons. The lowest BCUT2D eigenvalue weighted by atomic mass is 10.2. The summed E-state index contributed by atoms with van der Waals surface area (Å²) in [6, 6.07) is -0.0910. The molecule has 2 saturated carbocycles. The Hall–Kier alpha value is -0.620. The van der Waals surface area contributed by atoms with Crippen LogP contribution in [0.4, 0.5) is 0 Å². The highest BCUT2D eigenvalue weighted by atomic mass is 32.2. The summed E-state index contributed by atoms with van der Waals surface area (Å²) in [4.78, 5) is 10.9. The summed E-state index contributed by atoms with van der Waals surface area (Å²) in [5.74, 6) is -1.05. The first-order valence-corrected chi connectivity index (χ1v) is 8.24. The van der Waals surface area contributed by atoms with Crippen molar-refractivity contribution in [2.24, 2.45) is 0 Å². The van der Waals surface area contributed by atoms with E-state index in [9.17, 15) is 13.2 Å². The number of aliphatic carboxylic acids is 1. The van der Waals surface area contributed by atoms with Crippen LogP contribution in [-0.2, 0) is 14.8 Å². The molecule has 0 unspecified atom stereocenters. The number of hydrogen-bond acceptors (Lipinski definition) is 3. The summed E-state index contributed by atoms with van der Waals surface area (Å²) in [6.45, 7) is -0.372. The van der Waals surface area contributed by atoms with E-state index in [0.29, 0.717) is 12.8 Å². The van der Waals surface area contributed by atoms with Crippen molar-refractivity contribution in [3.05, 3.63) is 0 Å². The monoisotopic (exact) mass is 275 g/mol. The number of rotatable bonds is 5. The van der Waals surface area contributed by atoms with Gasteiger partial charge in [-0.3, -0.25) is 4.79 Å². The second-order valence-corrected chi connectivity index (χ2v) is 7.49. The van der Waals surface area contributed by atoms with Crippen LogP contribution in [0.2, 0.25) is 0 Å². The Labute approximate surface area is 108 Å². The summed E-state index contributed by atoms with van der Waals surface area (Å²) < 4.78 is 26.3. The van der Waals surface area contributed by atoms with E-state index in [0.717, 1.165) is 38.5 Å². The molecule has 5 nitrogen and oxygen atoms in total. The molecule has 0 amide bonds. The number of hydrogen-bond donors (Lipinski definition) is 1. The highest BCUT2D eigenvalue weighted by Gasteiger charge is 2.39. The molecular formula is C12H21NO4S. The highest BCUT2D eigenvalue weighted by Crippen LogP contribution is 2.32. The van der Waals surface area contributed by atoms with Crippen LogP contribution in [0, 0.1) is 0 Å². The Balaban J connectivity index is 2.18. The fourth-order valence-corrected chi connectivity index (χ4v) is 5.36. The van der Waals surface area contributed by atoms with Gasteiger partial charge in [0.2, 0.25) is 10.0 Å². The van der Waals surface area contributed by atoms with Crippen molar-refractivity contribution in [2.75, 3.05) is 6.54 Å². The molecule has 0 aromatic rings. The Morgan fingerprint density at radius 3 is 2.06 bits per heavy atom. The predicted molar refractivity (Wildman–Crippen MR) is 67.8 cm³/mol. The Kier molecular flexibility index (Phi) is 4.27. The number of nitrogens with zero attached hydrogens (tertiary/aromatic N) is 1. The van der Waals surface area contributed by atoms with Crippen molar-refractivity contribution < 1.29 is 18.3 Å². The molecule has 0 aliphatic heterocycles. The third-order valence-electron chi connectivity index (χ3n) is 4.07. The quantitative estimate of drug-likeness (QED) is 0.826. The maximum atomic E-state index is 12.5. The summed E-state index contributed by atoms with van der Waals surface area (Å²) in [6.07, 6.45) is 6.86. The molecule has 1 N–H and O–H groups in total. The predicted octanol–water partition coefficient (Wildman–Crippen LogP) is 1.59. The third-order valence-corrected chi connectivity index (χ3v) is 6.47. The van der Waals surface area contributed by atoms with Crippen molar-refractivity contribution in [1.82, 2.24) is 4.31 Å². The van der Waals surface area contributed by atoms with Gasteiger partial charge in [0, 0.05) is 6.04 Å². The lowest BCUT2D eigenvalue weighted by molar-refractivity contribution is -0.137. The molecule has 0 aromatic carbocycles.